The van der Waals surface area contributed by atoms with Gasteiger partial charge in [0.25, 0.3) is 0 Å². The van der Waals surface area contributed by atoms with Gasteiger partial charge in [0, 0.05) is 0 Å². The van der Waals surface area contributed by atoms with Crippen LogP contribution in [0.25, 0.3) is 0 Å². The van der Waals surface area contributed by atoms with Crippen LogP contribution in [-0.2, 0) is 0 Å². The Bertz CT molecular complexity index is 303. The van der Waals surface area contributed by atoms with Gasteiger partial charge in [-0.05, 0) is 12.1 Å². The van der Waals surface area contributed by atoms with Gasteiger partial charge in [0.15, 0.2) is 11.5 Å². The molecule has 4 N–H and O–H groups in total. The van der Waals surface area contributed by atoms with Crippen molar-refractivity contribution in [2.75, 3.05) is 32.2 Å². The summed E-state index contributed by atoms with van der Waals surface area (Å²) in [5.41, 5.74) is 6.13. The van der Waals surface area contributed by atoms with Crippen LogP contribution in [0.15, 0.2) is 18.2 Å². The van der Waals surface area contributed by atoms with Gasteiger partial charge in [-0.2, -0.15) is 0 Å². The minimum atomic E-state index is -0.0895. The first kappa shape index (κ1) is 11.6. The summed E-state index contributed by atoms with van der Waals surface area (Å²) < 4.78 is 10.5. The van der Waals surface area contributed by atoms with Crippen LogP contribution >= 0.6 is 0 Å². The van der Waals surface area contributed by atoms with Crippen LogP contribution in [0.1, 0.15) is 0 Å². The zero-order valence-corrected chi connectivity index (χ0v) is 8.35. The maximum Gasteiger partial charge on any atom is 0.184 e. The molecule has 5 nitrogen and oxygen atoms in total. The Balaban J connectivity index is 2.77. The van der Waals surface area contributed by atoms with E-state index in [1.807, 2.05) is 0 Å². The summed E-state index contributed by atoms with van der Waals surface area (Å²) >= 11 is 0. The molecule has 0 amide bonds. The summed E-state index contributed by atoms with van der Waals surface area (Å²) in [4.78, 5) is 0. The maximum atomic E-state index is 8.64. The highest BCUT2D eigenvalue weighted by Gasteiger charge is 2.08. The lowest BCUT2D eigenvalue weighted by atomic mass is 10.3. The first-order valence-electron chi connectivity index (χ1n) is 4.65. The van der Waals surface area contributed by atoms with E-state index in [2.05, 4.69) is 0 Å². The molecule has 0 aliphatic carbocycles. The minimum absolute atomic E-state index is 0.0752. The molecule has 0 aromatic heterocycles. The quantitative estimate of drug-likeness (QED) is 0.580. The molecule has 0 bridgehead atoms. The van der Waals surface area contributed by atoms with Crippen molar-refractivity contribution >= 4 is 5.69 Å². The van der Waals surface area contributed by atoms with Crippen LogP contribution in [0.5, 0.6) is 11.5 Å². The molecule has 1 aromatic carbocycles. The van der Waals surface area contributed by atoms with E-state index in [1.54, 1.807) is 18.2 Å². The Morgan fingerprint density at radius 3 is 2.40 bits per heavy atom. The lowest BCUT2D eigenvalue weighted by Crippen LogP contribution is -2.08. The number of hydrogen-bond donors (Lipinski definition) is 3. The highest BCUT2D eigenvalue weighted by Crippen LogP contribution is 2.33. The van der Waals surface area contributed by atoms with Crippen molar-refractivity contribution in [2.24, 2.45) is 0 Å². The van der Waals surface area contributed by atoms with Crippen molar-refractivity contribution < 1.29 is 19.7 Å². The third kappa shape index (κ3) is 3.30. The van der Waals surface area contributed by atoms with Crippen LogP contribution < -0.4 is 15.2 Å². The first-order chi connectivity index (χ1) is 7.29. The summed E-state index contributed by atoms with van der Waals surface area (Å²) in [6.07, 6.45) is 0. The van der Waals surface area contributed by atoms with Crippen molar-refractivity contribution in [2.45, 2.75) is 0 Å². The number of nitrogens with two attached hydrogens (primary N) is 1. The van der Waals surface area contributed by atoms with Gasteiger partial charge >= 0.3 is 0 Å². The smallest absolute Gasteiger partial charge is 0.184 e. The van der Waals surface area contributed by atoms with Crippen LogP contribution in [0.3, 0.4) is 0 Å². The number of anilines is 1. The number of para-hydroxylation sites is 1. The molecule has 84 valence electrons. The summed E-state index contributed by atoms with van der Waals surface area (Å²) in [5, 5.41) is 17.3. The number of rotatable bonds is 6. The van der Waals surface area contributed by atoms with E-state index in [9.17, 15) is 0 Å². The van der Waals surface area contributed by atoms with E-state index >= 15 is 0 Å². The summed E-state index contributed by atoms with van der Waals surface area (Å²) in [6.45, 7) is 0.171. The Morgan fingerprint density at radius 1 is 1.07 bits per heavy atom. The molecule has 0 radical (unpaired) electrons. The zero-order chi connectivity index (χ0) is 11.1. The van der Waals surface area contributed by atoms with Gasteiger partial charge in [0.1, 0.15) is 13.2 Å². The summed E-state index contributed by atoms with van der Waals surface area (Å²) in [7, 11) is 0. The van der Waals surface area contributed by atoms with Gasteiger partial charge < -0.3 is 25.4 Å². The number of benzene rings is 1. The lowest BCUT2D eigenvalue weighted by Gasteiger charge is -2.13. The molecule has 0 atom stereocenters. The molecule has 0 saturated heterocycles. The van der Waals surface area contributed by atoms with E-state index < -0.39 is 0 Å². The number of hydrogen-bond acceptors (Lipinski definition) is 5. The number of aliphatic hydroxyl groups excluding tert-OH is 2. The average molecular weight is 213 g/mol. The Kier molecular flexibility index (Phi) is 4.73. The van der Waals surface area contributed by atoms with Crippen molar-refractivity contribution in [3.05, 3.63) is 18.2 Å². The topological polar surface area (TPSA) is 84.9 Å². The second-order valence-corrected chi connectivity index (χ2v) is 2.82. The fourth-order valence-corrected chi connectivity index (χ4v) is 1.10. The van der Waals surface area contributed by atoms with Crippen LogP contribution in [0, 0.1) is 0 Å². The van der Waals surface area contributed by atoms with E-state index in [-0.39, 0.29) is 26.4 Å². The second kappa shape index (κ2) is 6.10. The van der Waals surface area contributed by atoms with Gasteiger partial charge in [-0.25, -0.2) is 0 Å². The third-order valence-electron chi connectivity index (χ3n) is 1.70. The Hall–Kier alpha value is -1.46. The van der Waals surface area contributed by atoms with Gasteiger partial charge in [-0.15, -0.1) is 0 Å². The standard InChI is InChI=1S/C10H15NO4/c11-8-2-1-3-9(14-6-4-12)10(8)15-7-5-13/h1-3,12-13H,4-7,11H2. The average Bonchev–Trinajstić information content (AvgIpc) is 2.25. The predicted molar refractivity (Wildman–Crippen MR) is 56.0 cm³/mol. The molecular weight excluding hydrogens is 198 g/mol. The van der Waals surface area contributed by atoms with Crippen LogP contribution in [0.4, 0.5) is 5.69 Å². The third-order valence-corrected chi connectivity index (χ3v) is 1.70. The summed E-state index contributed by atoms with van der Waals surface area (Å²) in [6, 6.07) is 5.10. The molecule has 15 heavy (non-hydrogen) atoms. The van der Waals surface area contributed by atoms with Gasteiger partial charge in [0.05, 0.1) is 18.9 Å². The van der Waals surface area contributed by atoms with Gasteiger partial charge in [-0.3, -0.25) is 0 Å². The summed E-state index contributed by atoms with van der Waals surface area (Å²) in [5.74, 6) is 0.873. The van der Waals surface area contributed by atoms with E-state index in [1.165, 1.54) is 0 Å². The predicted octanol–water partition coefficient (Wildman–Crippen LogP) is 0.0110. The molecule has 0 heterocycles. The minimum Gasteiger partial charge on any atom is -0.487 e. The molecule has 0 aliphatic rings. The van der Waals surface area contributed by atoms with Crippen molar-refractivity contribution in [1.82, 2.24) is 0 Å². The van der Waals surface area contributed by atoms with E-state index in [4.69, 9.17) is 25.4 Å². The lowest BCUT2D eigenvalue weighted by molar-refractivity contribution is 0.179. The highest BCUT2D eigenvalue weighted by molar-refractivity contribution is 5.60. The second-order valence-electron chi connectivity index (χ2n) is 2.82. The van der Waals surface area contributed by atoms with Gasteiger partial charge in [0.2, 0.25) is 0 Å². The zero-order valence-electron chi connectivity index (χ0n) is 8.35. The Morgan fingerprint density at radius 2 is 1.73 bits per heavy atom. The fraction of sp³-hybridized carbons (Fsp3) is 0.400. The van der Waals surface area contributed by atoms with Crippen LogP contribution in [0.2, 0.25) is 0 Å². The molecular formula is C10H15NO4. The molecule has 0 fully saturated rings. The molecule has 0 unspecified atom stereocenters. The first-order valence-corrected chi connectivity index (χ1v) is 4.65. The largest absolute Gasteiger partial charge is 0.487 e. The maximum absolute atomic E-state index is 8.64. The monoisotopic (exact) mass is 213 g/mol. The van der Waals surface area contributed by atoms with E-state index in [0.29, 0.717) is 17.2 Å². The number of aliphatic hydroxyl groups is 2. The van der Waals surface area contributed by atoms with Crippen molar-refractivity contribution in [1.29, 1.82) is 0 Å². The normalized spacial score (nSPS) is 10.0. The van der Waals surface area contributed by atoms with Gasteiger partial charge in [-0.1, -0.05) is 6.07 Å². The number of ether oxygens (including phenoxy) is 2. The van der Waals surface area contributed by atoms with Crippen molar-refractivity contribution in [3.63, 3.8) is 0 Å². The SMILES string of the molecule is Nc1cccc(OCCO)c1OCCO. The Labute approximate surface area is 88.0 Å². The molecule has 5 heteroatoms. The van der Waals surface area contributed by atoms with Crippen molar-refractivity contribution in [3.8, 4) is 11.5 Å². The number of nitrogen functional groups attached to an aromatic ring is 1. The van der Waals surface area contributed by atoms with Crippen LogP contribution in [-0.4, -0.2) is 36.6 Å². The molecule has 0 aliphatic heterocycles. The molecule has 0 saturated carbocycles. The molecule has 1 aromatic rings. The molecule has 1 rings (SSSR count). The highest BCUT2D eigenvalue weighted by atomic mass is 16.5. The molecule has 0 spiro atoms. The van der Waals surface area contributed by atoms with E-state index in [0.717, 1.165) is 0 Å². The fourth-order valence-electron chi connectivity index (χ4n) is 1.10.